The first-order valence-corrected chi connectivity index (χ1v) is 5.27. The molecule has 0 radical (unpaired) electrons. The van der Waals surface area contributed by atoms with Gasteiger partial charge in [0.2, 0.25) is 0 Å². The molecule has 1 aliphatic carbocycles. The predicted octanol–water partition coefficient (Wildman–Crippen LogP) is 3.11. The van der Waals surface area contributed by atoms with Crippen LogP contribution in [0.1, 0.15) is 39.0 Å². The van der Waals surface area contributed by atoms with Crippen LogP contribution >= 0.6 is 0 Å². The van der Waals surface area contributed by atoms with Gasteiger partial charge in [0.1, 0.15) is 0 Å². The third kappa shape index (κ3) is 4.84. The van der Waals surface area contributed by atoms with Gasteiger partial charge in [0.25, 0.3) is 0 Å². The third-order valence-corrected chi connectivity index (χ3v) is 2.81. The van der Waals surface area contributed by atoms with E-state index >= 15 is 0 Å². The van der Waals surface area contributed by atoms with E-state index in [1.807, 2.05) is 0 Å². The molecule has 0 aromatic heterocycles. The minimum Gasteiger partial charge on any atom is -0.314 e. The minimum absolute atomic E-state index is 0.449. The van der Waals surface area contributed by atoms with E-state index in [1.54, 1.807) is 6.92 Å². The molecule has 0 spiro atoms. The van der Waals surface area contributed by atoms with Crippen LogP contribution in [0.4, 0.5) is 13.2 Å². The van der Waals surface area contributed by atoms with Crippen LogP contribution in [0.15, 0.2) is 0 Å². The Bertz CT molecular complexity index is 163. The number of halogens is 3. The normalized spacial score (nSPS) is 20.6. The number of alkyl halides is 3. The molecule has 1 unspecified atom stereocenters. The number of hydrogen-bond donors (Lipinski definition) is 1. The van der Waals surface area contributed by atoms with E-state index in [0.29, 0.717) is 0 Å². The Morgan fingerprint density at radius 1 is 1.36 bits per heavy atom. The highest BCUT2D eigenvalue weighted by Crippen LogP contribution is 2.29. The van der Waals surface area contributed by atoms with Crippen molar-refractivity contribution in [3.05, 3.63) is 0 Å². The summed E-state index contributed by atoms with van der Waals surface area (Å²) >= 11 is 0. The van der Waals surface area contributed by atoms with Crippen molar-refractivity contribution in [1.82, 2.24) is 5.32 Å². The van der Waals surface area contributed by atoms with Gasteiger partial charge in [-0.05, 0) is 25.8 Å². The molecule has 4 heteroatoms. The summed E-state index contributed by atoms with van der Waals surface area (Å²) in [4.78, 5) is 0. The lowest BCUT2D eigenvalue weighted by molar-refractivity contribution is -0.139. The molecule has 1 rings (SSSR count). The standard InChI is InChI=1S/C10H18F3N/c1-8(7-10(11,12)13)14-6-5-9-3-2-4-9/h8-9,14H,2-7H2,1H3. The first-order chi connectivity index (χ1) is 6.47. The Kier molecular flexibility index (Phi) is 4.23. The highest BCUT2D eigenvalue weighted by Gasteiger charge is 2.29. The van der Waals surface area contributed by atoms with Crippen LogP contribution in [0.2, 0.25) is 0 Å². The van der Waals surface area contributed by atoms with Crippen molar-refractivity contribution in [1.29, 1.82) is 0 Å². The monoisotopic (exact) mass is 209 g/mol. The van der Waals surface area contributed by atoms with E-state index in [1.165, 1.54) is 19.3 Å². The molecule has 1 atom stereocenters. The van der Waals surface area contributed by atoms with Gasteiger partial charge in [-0.2, -0.15) is 13.2 Å². The summed E-state index contributed by atoms with van der Waals surface area (Å²) in [6.45, 7) is 2.32. The number of hydrogen-bond acceptors (Lipinski definition) is 1. The molecular weight excluding hydrogens is 191 g/mol. The van der Waals surface area contributed by atoms with Crippen molar-refractivity contribution in [3.63, 3.8) is 0 Å². The zero-order valence-electron chi connectivity index (χ0n) is 8.53. The van der Waals surface area contributed by atoms with Crippen molar-refractivity contribution >= 4 is 0 Å². The molecule has 1 nitrogen and oxygen atoms in total. The Hall–Kier alpha value is -0.250. The molecule has 84 valence electrons. The third-order valence-electron chi connectivity index (χ3n) is 2.81. The largest absolute Gasteiger partial charge is 0.390 e. The summed E-state index contributed by atoms with van der Waals surface area (Å²) in [5.74, 6) is 0.764. The van der Waals surface area contributed by atoms with Crippen molar-refractivity contribution in [2.45, 2.75) is 51.2 Å². The first-order valence-electron chi connectivity index (χ1n) is 5.27. The maximum Gasteiger partial charge on any atom is 0.390 e. The predicted molar refractivity (Wildman–Crippen MR) is 50.1 cm³/mol. The summed E-state index contributed by atoms with van der Waals surface area (Å²) < 4.78 is 35.8. The quantitative estimate of drug-likeness (QED) is 0.733. The van der Waals surface area contributed by atoms with Crippen LogP contribution in [-0.2, 0) is 0 Å². The van der Waals surface area contributed by atoms with Crippen LogP contribution in [0.3, 0.4) is 0 Å². The molecule has 1 N–H and O–H groups in total. The van der Waals surface area contributed by atoms with Gasteiger partial charge >= 0.3 is 6.18 Å². The summed E-state index contributed by atoms with van der Waals surface area (Å²) in [6.07, 6.45) is 0.0795. The maximum absolute atomic E-state index is 11.9. The molecule has 0 heterocycles. The van der Waals surface area contributed by atoms with E-state index in [2.05, 4.69) is 5.32 Å². The van der Waals surface area contributed by atoms with Crippen LogP contribution in [0.5, 0.6) is 0 Å². The molecule has 0 bridgehead atoms. The van der Waals surface area contributed by atoms with E-state index in [9.17, 15) is 13.2 Å². The van der Waals surface area contributed by atoms with Crippen molar-refractivity contribution in [2.24, 2.45) is 5.92 Å². The Morgan fingerprint density at radius 3 is 2.43 bits per heavy atom. The van der Waals surface area contributed by atoms with Gasteiger partial charge in [-0.3, -0.25) is 0 Å². The van der Waals surface area contributed by atoms with E-state index < -0.39 is 18.6 Å². The minimum atomic E-state index is -4.04. The Labute approximate surface area is 83.1 Å². The highest BCUT2D eigenvalue weighted by atomic mass is 19.4. The molecule has 0 aliphatic heterocycles. The van der Waals surface area contributed by atoms with Crippen molar-refractivity contribution < 1.29 is 13.2 Å². The first kappa shape index (κ1) is 11.8. The molecule has 0 amide bonds. The lowest BCUT2D eigenvalue weighted by atomic mass is 9.83. The lowest BCUT2D eigenvalue weighted by Gasteiger charge is -2.26. The molecule has 1 aliphatic rings. The Balaban J connectivity index is 1.99. The maximum atomic E-state index is 11.9. The second-order valence-corrected chi connectivity index (χ2v) is 4.26. The van der Waals surface area contributed by atoms with E-state index in [4.69, 9.17) is 0 Å². The molecule has 0 saturated heterocycles. The van der Waals surface area contributed by atoms with Gasteiger partial charge in [0, 0.05) is 6.04 Å². The Morgan fingerprint density at radius 2 is 2.00 bits per heavy atom. The molecule has 14 heavy (non-hydrogen) atoms. The van der Waals surface area contributed by atoms with Gasteiger partial charge in [0.05, 0.1) is 6.42 Å². The van der Waals surface area contributed by atoms with Gasteiger partial charge in [-0.15, -0.1) is 0 Å². The average Bonchev–Trinajstić information content (AvgIpc) is 1.90. The number of rotatable bonds is 5. The smallest absolute Gasteiger partial charge is 0.314 e. The van der Waals surface area contributed by atoms with E-state index in [0.717, 1.165) is 18.9 Å². The van der Waals surface area contributed by atoms with Gasteiger partial charge in [-0.25, -0.2) is 0 Å². The highest BCUT2D eigenvalue weighted by molar-refractivity contribution is 4.72. The zero-order valence-corrected chi connectivity index (χ0v) is 8.53. The molecular formula is C10H18F3N. The van der Waals surface area contributed by atoms with Crippen molar-refractivity contribution in [3.8, 4) is 0 Å². The molecule has 0 aromatic carbocycles. The topological polar surface area (TPSA) is 12.0 Å². The van der Waals surface area contributed by atoms with Crippen LogP contribution < -0.4 is 5.32 Å². The summed E-state index contributed by atoms with van der Waals surface area (Å²) in [6, 6.07) is -0.449. The van der Waals surface area contributed by atoms with Gasteiger partial charge in [-0.1, -0.05) is 19.3 Å². The van der Waals surface area contributed by atoms with Crippen LogP contribution in [-0.4, -0.2) is 18.8 Å². The molecule has 1 fully saturated rings. The SMILES string of the molecule is CC(CC(F)(F)F)NCCC1CCC1. The fourth-order valence-electron chi connectivity index (χ4n) is 1.73. The number of nitrogens with one attached hydrogen (secondary N) is 1. The fraction of sp³-hybridized carbons (Fsp3) is 1.00. The zero-order chi connectivity index (χ0) is 10.6. The second kappa shape index (κ2) is 5.01. The van der Waals surface area contributed by atoms with Gasteiger partial charge in [0.15, 0.2) is 0 Å². The summed E-state index contributed by atoms with van der Waals surface area (Å²) in [7, 11) is 0. The van der Waals surface area contributed by atoms with Crippen LogP contribution in [0.25, 0.3) is 0 Å². The summed E-state index contributed by atoms with van der Waals surface area (Å²) in [5.41, 5.74) is 0. The van der Waals surface area contributed by atoms with Gasteiger partial charge < -0.3 is 5.32 Å². The van der Waals surface area contributed by atoms with Crippen LogP contribution in [0, 0.1) is 5.92 Å². The summed E-state index contributed by atoms with van der Waals surface area (Å²) in [5, 5.41) is 2.92. The van der Waals surface area contributed by atoms with E-state index in [-0.39, 0.29) is 0 Å². The second-order valence-electron chi connectivity index (χ2n) is 4.26. The molecule has 1 saturated carbocycles. The molecule has 0 aromatic rings. The average molecular weight is 209 g/mol. The fourth-order valence-corrected chi connectivity index (χ4v) is 1.73. The lowest BCUT2D eigenvalue weighted by Crippen LogP contribution is -2.33. The van der Waals surface area contributed by atoms with Crippen molar-refractivity contribution in [2.75, 3.05) is 6.54 Å².